The minimum atomic E-state index is -4.50. The molecule has 1 aliphatic rings. The topological polar surface area (TPSA) is 12.5 Å². The van der Waals surface area contributed by atoms with E-state index in [1.165, 1.54) is 0 Å². The van der Waals surface area contributed by atoms with Crippen molar-refractivity contribution in [1.29, 1.82) is 0 Å². The van der Waals surface area contributed by atoms with Crippen molar-refractivity contribution in [2.45, 2.75) is 12.3 Å². The lowest BCUT2D eigenvalue weighted by Crippen LogP contribution is -2.06. The van der Waals surface area contributed by atoms with Crippen molar-refractivity contribution in [2.24, 2.45) is 0 Å². The van der Waals surface area contributed by atoms with Gasteiger partial charge in [0.15, 0.2) is 0 Å². The molecule has 1 aromatic carbocycles. The van der Waals surface area contributed by atoms with Gasteiger partial charge in [0.1, 0.15) is 11.9 Å². The zero-order chi connectivity index (χ0) is 10.3. The van der Waals surface area contributed by atoms with E-state index in [2.05, 4.69) is 0 Å². The molecule has 0 amide bonds. The molecule has 1 unspecified atom stereocenters. The molecule has 76 valence electrons. The van der Waals surface area contributed by atoms with Crippen LogP contribution in [0.2, 0.25) is 0 Å². The van der Waals surface area contributed by atoms with Gasteiger partial charge in [-0.05, 0) is 12.1 Å². The fourth-order valence-electron chi connectivity index (χ4n) is 1.19. The summed E-state index contributed by atoms with van der Waals surface area (Å²) in [7, 11) is 0. The van der Waals surface area contributed by atoms with Crippen molar-refractivity contribution in [3.8, 4) is 0 Å². The molecule has 1 nitrogen and oxygen atoms in total. The van der Waals surface area contributed by atoms with Crippen LogP contribution in [0.15, 0.2) is 18.2 Å². The largest absolute Gasteiger partial charge is 0.416 e. The van der Waals surface area contributed by atoms with Crippen molar-refractivity contribution in [3.05, 3.63) is 35.1 Å². The standard InChI is InChI=1S/C9H6F4O/c10-7-3-5(9(11,12)13)1-2-6(7)8-4-14-8/h1-3,8H,4H2. The molecule has 0 aliphatic carbocycles. The van der Waals surface area contributed by atoms with Crippen molar-refractivity contribution in [3.63, 3.8) is 0 Å². The van der Waals surface area contributed by atoms with E-state index >= 15 is 0 Å². The predicted molar refractivity (Wildman–Crippen MR) is 40.1 cm³/mol. The second kappa shape index (κ2) is 2.95. The molecule has 0 bridgehead atoms. The first-order valence-electron chi connectivity index (χ1n) is 3.97. The maximum Gasteiger partial charge on any atom is 0.416 e. The van der Waals surface area contributed by atoms with E-state index in [1.807, 2.05) is 0 Å². The Kier molecular flexibility index (Phi) is 1.99. The van der Waals surface area contributed by atoms with Gasteiger partial charge >= 0.3 is 6.18 Å². The lowest BCUT2D eigenvalue weighted by molar-refractivity contribution is -0.137. The molecular weight excluding hydrogens is 200 g/mol. The molecule has 0 N–H and O–H groups in total. The van der Waals surface area contributed by atoms with E-state index in [-0.39, 0.29) is 11.7 Å². The van der Waals surface area contributed by atoms with Crippen LogP contribution in [0.5, 0.6) is 0 Å². The molecule has 5 heteroatoms. The molecule has 0 radical (unpaired) electrons. The van der Waals surface area contributed by atoms with Crippen molar-refractivity contribution in [2.75, 3.05) is 6.61 Å². The molecule has 1 saturated heterocycles. The second-order valence-electron chi connectivity index (χ2n) is 3.06. The van der Waals surface area contributed by atoms with Crippen LogP contribution >= 0.6 is 0 Å². The van der Waals surface area contributed by atoms with Gasteiger partial charge in [0.25, 0.3) is 0 Å². The Morgan fingerprint density at radius 1 is 1.29 bits per heavy atom. The maximum absolute atomic E-state index is 13.1. The van der Waals surface area contributed by atoms with Gasteiger partial charge in [-0.1, -0.05) is 6.07 Å². The van der Waals surface area contributed by atoms with Gasteiger partial charge in [-0.3, -0.25) is 0 Å². The molecule has 2 rings (SSSR count). The Morgan fingerprint density at radius 3 is 2.36 bits per heavy atom. The molecule has 0 saturated carbocycles. The molecule has 0 spiro atoms. The smallest absolute Gasteiger partial charge is 0.368 e. The van der Waals surface area contributed by atoms with Crippen LogP contribution in [0.1, 0.15) is 17.2 Å². The molecule has 0 aromatic heterocycles. The Morgan fingerprint density at radius 2 is 1.93 bits per heavy atom. The highest BCUT2D eigenvalue weighted by Gasteiger charge is 2.33. The normalized spacial score (nSPS) is 21.0. The summed E-state index contributed by atoms with van der Waals surface area (Å²) >= 11 is 0. The molecule has 1 heterocycles. The second-order valence-corrected chi connectivity index (χ2v) is 3.06. The molecule has 14 heavy (non-hydrogen) atoms. The third-order valence-electron chi connectivity index (χ3n) is 2.01. The molecule has 1 fully saturated rings. The number of hydrogen-bond acceptors (Lipinski definition) is 1. The number of ether oxygens (including phenoxy) is 1. The van der Waals surface area contributed by atoms with E-state index in [0.717, 1.165) is 12.1 Å². The number of halogens is 4. The molecule has 1 aromatic rings. The van der Waals surface area contributed by atoms with Gasteiger partial charge in [-0.25, -0.2) is 4.39 Å². The Bertz CT molecular complexity index is 354. The van der Waals surface area contributed by atoms with Gasteiger partial charge in [0.2, 0.25) is 0 Å². The van der Waals surface area contributed by atoms with Gasteiger partial charge in [0, 0.05) is 5.56 Å². The lowest BCUT2D eigenvalue weighted by atomic mass is 10.1. The van der Waals surface area contributed by atoms with Crippen LogP contribution in [-0.4, -0.2) is 6.61 Å². The van der Waals surface area contributed by atoms with E-state index < -0.39 is 17.6 Å². The predicted octanol–water partition coefficient (Wildman–Crippen LogP) is 2.92. The van der Waals surface area contributed by atoms with Crippen LogP contribution in [0, 0.1) is 5.82 Å². The average Bonchev–Trinajstić information content (AvgIpc) is 2.85. The average molecular weight is 206 g/mol. The third kappa shape index (κ3) is 1.72. The van der Waals surface area contributed by atoms with Crippen LogP contribution in [0.25, 0.3) is 0 Å². The lowest BCUT2D eigenvalue weighted by Gasteiger charge is -2.07. The van der Waals surface area contributed by atoms with Crippen LogP contribution in [-0.2, 0) is 10.9 Å². The first-order valence-corrected chi connectivity index (χ1v) is 3.97. The van der Waals surface area contributed by atoms with Crippen molar-refractivity contribution in [1.82, 2.24) is 0 Å². The minimum absolute atomic E-state index is 0.193. The van der Waals surface area contributed by atoms with Crippen LogP contribution in [0.3, 0.4) is 0 Å². The van der Waals surface area contributed by atoms with Crippen molar-refractivity contribution >= 4 is 0 Å². The summed E-state index contributed by atoms with van der Waals surface area (Å²) in [6.45, 7) is 0.377. The fraction of sp³-hybridized carbons (Fsp3) is 0.333. The number of epoxide rings is 1. The third-order valence-corrected chi connectivity index (χ3v) is 2.01. The van der Waals surface area contributed by atoms with Crippen LogP contribution in [0.4, 0.5) is 17.6 Å². The Balaban J connectivity index is 2.35. The number of benzene rings is 1. The van der Waals surface area contributed by atoms with E-state index in [4.69, 9.17) is 4.74 Å². The van der Waals surface area contributed by atoms with Gasteiger partial charge in [-0.15, -0.1) is 0 Å². The quantitative estimate of drug-likeness (QED) is 0.508. The van der Waals surface area contributed by atoms with E-state index in [1.54, 1.807) is 0 Å². The highest BCUT2D eigenvalue weighted by molar-refractivity contribution is 5.29. The number of hydrogen-bond donors (Lipinski definition) is 0. The summed E-state index contributed by atoms with van der Waals surface area (Å²) in [5, 5.41) is 0. The number of rotatable bonds is 1. The summed E-state index contributed by atoms with van der Waals surface area (Å²) in [5.74, 6) is -0.859. The Labute approximate surface area is 77.3 Å². The maximum atomic E-state index is 13.1. The summed E-state index contributed by atoms with van der Waals surface area (Å²) in [5.41, 5.74) is -0.780. The highest BCUT2D eigenvalue weighted by Crippen LogP contribution is 2.35. The SMILES string of the molecule is Fc1cc(C(F)(F)F)ccc1C1CO1. The monoisotopic (exact) mass is 206 g/mol. The number of alkyl halides is 3. The Hall–Kier alpha value is -1.10. The first kappa shape index (κ1) is 9.45. The molecule has 1 aliphatic heterocycles. The van der Waals surface area contributed by atoms with Crippen molar-refractivity contribution < 1.29 is 22.3 Å². The summed E-state index contributed by atoms with van der Waals surface area (Å²) in [4.78, 5) is 0. The summed E-state index contributed by atoms with van der Waals surface area (Å²) in [6.07, 6.45) is -4.86. The first-order chi connectivity index (χ1) is 6.48. The minimum Gasteiger partial charge on any atom is -0.368 e. The van der Waals surface area contributed by atoms with E-state index in [9.17, 15) is 17.6 Å². The van der Waals surface area contributed by atoms with Gasteiger partial charge < -0.3 is 4.74 Å². The van der Waals surface area contributed by atoms with Crippen LogP contribution < -0.4 is 0 Å². The summed E-state index contributed by atoms with van der Waals surface area (Å²) < 4.78 is 54.2. The fourth-order valence-corrected chi connectivity index (χ4v) is 1.19. The summed E-state index contributed by atoms with van der Waals surface area (Å²) in [6, 6.07) is 2.48. The molecule has 1 atom stereocenters. The highest BCUT2D eigenvalue weighted by atomic mass is 19.4. The zero-order valence-electron chi connectivity index (χ0n) is 6.94. The molecular formula is C9H6F4O. The zero-order valence-corrected chi connectivity index (χ0v) is 6.94. The van der Waals surface area contributed by atoms with Gasteiger partial charge in [-0.2, -0.15) is 13.2 Å². The van der Waals surface area contributed by atoms with E-state index in [0.29, 0.717) is 12.7 Å². The van der Waals surface area contributed by atoms with Gasteiger partial charge in [0.05, 0.1) is 12.2 Å².